The molecule has 5 rings (SSSR count). The average Bonchev–Trinajstić information content (AvgIpc) is 3.24. The van der Waals surface area contributed by atoms with Crippen molar-refractivity contribution in [2.45, 2.75) is 11.1 Å². The smallest absolute Gasteiger partial charge is 0.339 e. The zero-order valence-electron chi connectivity index (χ0n) is 17.6. The van der Waals surface area contributed by atoms with Crippen LogP contribution in [0.4, 0.5) is 24.5 Å². The lowest BCUT2D eigenvalue weighted by molar-refractivity contribution is -0.137. The van der Waals surface area contributed by atoms with Gasteiger partial charge in [-0.15, -0.1) is 0 Å². The van der Waals surface area contributed by atoms with Crippen LogP contribution in [0.2, 0.25) is 5.02 Å². The van der Waals surface area contributed by atoms with Crippen LogP contribution < -0.4 is 10.7 Å². The van der Waals surface area contributed by atoms with Crippen molar-refractivity contribution >= 4 is 32.8 Å². The summed E-state index contributed by atoms with van der Waals surface area (Å²) in [5, 5.41) is 3.89. The van der Waals surface area contributed by atoms with Crippen molar-refractivity contribution < 1.29 is 26.1 Å². The van der Waals surface area contributed by atoms with Crippen molar-refractivity contribution in [3.8, 4) is 22.5 Å². The number of aromatic amines is 1. The Morgan fingerprint density at radius 1 is 1.00 bits per heavy atom. The largest absolute Gasteiger partial charge is 0.439 e. The van der Waals surface area contributed by atoms with Crippen LogP contribution in [0.3, 0.4) is 0 Å². The fourth-order valence-electron chi connectivity index (χ4n) is 3.94. The average molecular weight is 522 g/mol. The number of nitrogens with zero attached hydrogens (tertiary/aromatic N) is 2. The number of halogens is 4. The number of alkyl halides is 3. The van der Waals surface area contributed by atoms with Gasteiger partial charge >= 0.3 is 11.9 Å². The molecule has 3 aromatic carbocycles. The van der Waals surface area contributed by atoms with Gasteiger partial charge in [0.05, 0.1) is 26.9 Å². The van der Waals surface area contributed by atoms with Gasteiger partial charge < -0.3 is 4.90 Å². The summed E-state index contributed by atoms with van der Waals surface area (Å²) >= 11 is 6.40. The van der Waals surface area contributed by atoms with Crippen molar-refractivity contribution in [2.75, 3.05) is 17.2 Å². The molecule has 0 unspecified atom stereocenters. The molecule has 1 N–H and O–H groups in total. The number of nitrogens with one attached hydrogen (secondary N) is 1. The second-order valence-corrected chi connectivity index (χ2v) is 10.3. The number of fused-ring (bicyclic) bond motifs is 1. The molecule has 0 saturated heterocycles. The topological polar surface area (TPSA) is 96.3 Å². The number of anilines is 2. The number of H-pyrrole nitrogens is 1. The van der Waals surface area contributed by atoms with E-state index in [1.807, 2.05) is 0 Å². The van der Waals surface area contributed by atoms with Crippen LogP contribution in [0, 0.1) is 0 Å². The molecule has 7 nitrogen and oxygen atoms in total. The van der Waals surface area contributed by atoms with E-state index in [1.165, 1.54) is 18.2 Å². The van der Waals surface area contributed by atoms with E-state index in [2.05, 4.69) is 14.7 Å². The third kappa shape index (κ3) is 4.32. The fraction of sp³-hybridized carbons (Fsp3) is 0.130. The highest BCUT2D eigenvalue weighted by Gasteiger charge is 2.31. The molecule has 0 spiro atoms. The van der Waals surface area contributed by atoms with Crippen LogP contribution in [-0.2, 0) is 16.0 Å². The Balaban J connectivity index is 1.53. The van der Waals surface area contributed by atoms with Crippen molar-refractivity contribution in [3.63, 3.8) is 0 Å². The normalized spacial score (nSPS) is 15.1. The van der Waals surface area contributed by atoms with E-state index in [-0.39, 0.29) is 28.0 Å². The zero-order valence-corrected chi connectivity index (χ0v) is 19.2. The quantitative estimate of drug-likeness (QED) is 0.393. The monoisotopic (exact) mass is 521 g/mol. The highest BCUT2D eigenvalue weighted by molar-refractivity contribution is 7.91. The Morgan fingerprint density at radius 3 is 2.34 bits per heavy atom. The fourth-order valence-corrected chi connectivity index (χ4v) is 5.65. The highest BCUT2D eigenvalue weighted by atomic mass is 35.5. The van der Waals surface area contributed by atoms with Gasteiger partial charge in [0, 0.05) is 17.8 Å². The van der Waals surface area contributed by atoms with Gasteiger partial charge in [0.1, 0.15) is 0 Å². The van der Waals surface area contributed by atoms with Crippen LogP contribution in [0.5, 0.6) is 0 Å². The lowest BCUT2D eigenvalue weighted by atomic mass is 10.0. The van der Waals surface area contributed by atoms with Gasteiger partial charge in [-0.3, -0.25) is 9.51 Å². The van der Waals surface area contributed by atoms with Crippen LogP contribution in [0.1, 0.15) is 5.56 Å². The van der Waals surface area contributed by atoms with Gasteiger partial charge in [0.25, 0.3) is 0 Å². The molecule has 0 radical (unpaired) electrons. The molecule has 12 heteroatoms. The first-order valence-corrected chi connectivity index (χ1v) is 12.2. The molecule has 4 aromatic rings. The number of rotatable bonds is 3. The number of aromatic nitrogens is 2. The minimum atomic E-state index is -4.46. The van der Waals surface area contributed by atoms with Gasteiger partial charge in [-0.1, -0.05) is 35.0 Å². The molecule has 0 atom stereocenters. The van der Waals surface area contributed by atoms with E-state index >= 15 is 0 Å². The number of benzene rings is 3. The molecule has 180 valence electrons. The first kappa shape index (κ1) is 23.2. The number of sulfone groups is 1. The van der Waals surface area contributed by atoms with Gasteiger partial charge in [-0.05, 0) is 53.6 Å². The lowest BCUT2D eigenvalue weighted by Crippen LogP contribution is -2.31. The summed E-state index contributed by atoms with van der Waals surface area (Å²) in [5.74, 6) is -0.722. The molecule has 0 bridgehead atoms. The third-order valence-corrected chi connectivity index (χ3v) is 7.70. The second kappa shape index (κ2) is 8.28. The third-order valence-electron chi connectivity index (χ3n) is 5.67. The summed E-state index contributed by atoms with van der Waals surface area (Å²) in [6, 6.07) is 14.2. The van der Waals surface area contributed by atoms with Gasteiger partial charge in [-0.2, -0.15) is 13.2 Å². The predicted molar refractivity (Wildman–Crippen MR) is 124 cm³/mol. The van der Waals surface area contributed by atoms with E-state index in [1.54, 1.807) is 35.2 Å². The molecular formula is C23H15ClF3N3O4S. The van der Waals surface area contributed by atoms with E-state index in [0.717, 1.165) is 12.1 Å². The summed E-state index contributed by atoms with van der Waals surface area (Å²) < 4.78 is 68.9. The van der Waals surface area contributed by atoms with Gasteiger partial charge in [0.2, 0.25) is 0 Å². The van der Waals surface area contributed by atoms with E-state index < -0.39 is 27.3 Å². The Labute approximate surface area is 201 Å². The lowest BCUT2D eigenvalue weighted by Gasteiger charge is -2.31. The molecule has 1 aromatic heterocycles. The summed E-state index contributed by atoms with van der Waals surface area (Å²) in [6.45, 7) is 0.172. The summed E-state index contributed by atoms with van der Waals surface area (Å²) in [7, 11) is -3.62. The molecular weight excluding hydrogens is 507 g/mol. The highest BCUT2D eigenvalue weighted by Crippen LogP contribution is 2.40. The number of hydrogen-bond acceptors (Lipinski definition) is 6. The van der Waals surface area contributed by atoms with Crippen molar-refractivity contribution in [3.05, 3.63) is 81.8 Å². The Kier molecular flexibility index (Phi) is 5.48. The molecule has 1 aliphatic rings. The maximum atomic E-state index is 12.9. The van der Waals surface area contributed by atoms with Crippen LogP contribution >= 0.6 is 11.6 Å². The number of hydrogen-bond donors (Lipinski definition) is 1. The summed E-state index contributed by atoms with van der Waals surface area (Å²) in [6.07, 6.45) is -4.46. The molecule has 2 heterocycles. The van der Waals surface area contributed by atoms with Crippen LogP contribution in [-0.4, -0.2) is 30.9 Å². The van der Waals surface area contributed by atoms with Crippen molar-refractivity contribution in [1.82, 2.24) is 10.1 Å². The van der Waals surface area contributed by atoms with Crippen LogP contribution in [0.15, 0.2) is 74.9 Å². The first-order chi connectivity index (χ1) is 16.5. The summed E-state index contributed by atoms with van der Waals surface area (Å²) in [4.78, 5) is 15.5. The molecule has 0 aliphatic carbocycles. The first-order valence-electron chi connectivity index (χ1n) is 10.2. The molecule has 0 saturated carbocycles. The van der Waals surface area contributed by atoms with Gasteiger partial charge in [0.15, 0.2) is 15.7 Å². The SMILES string of the molecule is O=c1[nH]c(-c2ccc(N3CCS(=O)(=O)c4cc(-c5ccc(C(F)(F)F)cc5)ccc43)cc2Cl)no1. The standard InChI is InChI=1S/C23H15ClF3N3O4S/c24-18-12-16(6-7-17(18)21-28-22(31)34-29-21)30-9-10-35(32,33)20-11-14(3-8-19(20)30)13-1-4-15(5-2-13)23(25,26)27/h1-8,11-12H,9-10H2,(H,28,29,31). The molecule has 1 aliphatic heterocycles. The Bertz CT molecular complexity index is 1600. The second-order valence-electron chi connectivity index (χ2n) is 7.84. The minimum Gasteiger partial charge on any atom is -0.339 e. The van der Waals surface area contributed by atoms with E-state index in [0.29, 0.717) is 28.1 Å². The summed E-state index contributed by atoms with van der Waals surface area (Å²) in [5.41, 5.74) is 1.62. The minimum absolute atomic E-state index is 0.0715. The molecule has 35 heavy (non-hydrogen) atoms. The maximum Gasteiger partial charge on any atom is 0.439 e. The van der Waals surface area contributed by atoms with Gasteiger partial charge in [-0.25, -0.2) is 13.2 Å². The predicted octanol–water partition coefficient (Wildman–Crippen LogP) is 5.29. The van der Waals surface area contributed by atoms with E-state index in [9.17, 15) is 26.4 Å². The van der Waals surface area contributed by atoms with E-state index in [4.69, 9.17) is 11.6 Å². The van der Waals surface area contributed by atoms with Crippen molar-refractivity contribution in [2.24, 2.45) is 0 Å². The van der Waals surface area contributed by atoms with Crippen molar-refractivity contribution in [1.29, 1.82) is 0 Å². The van der Waals surface area contributed by atoms with Crippen LogP contribution in [0.25, 0.3) is 22.5 Å². The molecule has 0 fully saturated rings. The Hall–Kier alpha value is -3.57. The Morgan fingerprint density at radius 2 is 1.71 bits per heavy atom. The zero-order chi connectivity index (χ0) is 25.0. The maximum absolute atomic E-state index is 12.9. The molecule has 0 amide bonds.